The van der Waals surface area contributed by atoms with Gasteiger partial charge in [0, 0.05) is 40.4 Å². The van der Waals surface area contributed by atoms with Crippen LogP contribution in [0.3, 0.4) is 0 Å². The fraction of sp³-hybridized carbons (Fsp3) is 0.947. The van der Waals surface area contributed by atoms with E-state index in [-0.39, 0.29) is 31.8 Å². The number of hydrogen-bond acceptors (Lipinski definition) is 3. The second-order valence-electron chi connectivity index (χ2n) is 5.39. The molecular weight excluding hydrogens is 367 g/mol. The monoisotopic (exact) mass is 411 g/mol. The molecule has 0 saturated carbocycles. The fourth-order valence-corrected chi connectivity index (χ4v) is 1.89. The predicted molar refractivity (Wildman–Crippen MR) is 100 cm³/mol. The maximum absolute atomic E-state index is 10.4. The molecule has 3 N–H and O–H groups in total. The molecular formula is C19H45O3Zr-. The first kappa shape index (κ1) is 35.0. The Kier molecular flexibility index (Phi) is 52.0. The van der Waals surface area contributed by atoms with Crippen molar-refractivity contribution < 1.29 is 41.5 Å². The summed E-state index contributed by atoms with van der Waals surface area (Å²) >= 11 is 0. The van der Waals surface area contributed by atoms with E-state index in [1.807, 2.05) is 0 Å². The molecule has 0 aromatic carbocycles. The van der Waals surface area contributed by atoms with E-state index in [0.29, 0.717) is 0 Å². The van der Waals surface area contributed by atoms with Gasteiger partial charge in [0.25, 0.3) is 0 Å². The van der Waals surface area contributed by atoms with Crippen LogP contribution in [0.15, 0.2) is 0 Å². The summed E-state index contributed by atoms with van der Waals surface area (Å²) in [7, 11) is 2.00. The Morgan fingerprint density at radius 2 is 0.870 bits per heavy atom. The van der Waals surface area contributed by atoms with E-state index < -0.39 is 0 Å². The Morgan fingerprint density at radius 3 is 1.00 bits per heavy atom. The molecule has 0 radical (unpaired) electrons. The maximum atomic E-state index is 10.4. The van der Waals surface area contributed by atoms with Gasteiger partial charge in [-0.25, -0.2) is 0 Å². The third-order valence-corrected chi connectivity index (χ3v) is 3.34. The summed E-state index contributed by atoms with van der Waals surface area (Å²) in [6, 6.07) is 0. The number of rotatable bonds is 10. The summed E-state index contributed by atoms with van der Waals surface area (Å²) in [4.78, 5) is 0. The molecule has 0 aliphatic carbocycles. The molecule has 0 aliphatic rings. The van der Waals surface area contributed by atoms with Crippen molar-refractivity contribution in [2.45, 2.75) is 104 Å². The molecule has 0 atom stereocenters. The van der Waals surface area contributed by atoms with Crippen LogP contribution in [0.25, 0.3) is 0 Å². The van der Waals surface area contributed by atoms with E-state index in [9.17, 15) is 5.11 Å². The molecule has 0 aliphatic heterocycles. The molecule has 0 amide bonds. The van der Waals surface area contributed by atoms with Gasteiger partial charge < -0.3 is 22.2 Å². The number of hydrogen-bond donors (Lipinski definition) is 3. The first-order valence-electron chi connectivity index (χ1n) is 9.01. The van der Waals surface area contributed by atoms with Crippen molar-refractivity contribution in [3.05, 3.63) is 6.92 Å². The van der Waals surface area contributed by atoms with Crippen molar-refractivity contribution in [2.75, 3.05) is 14.2 Å². The first-order chi connectivity index (χ1) is 10.6. The standard InChI is InChI=1S/C13H28O.C4H9.2CH4O.Zr/c1-4-7-10-13(14,11-8-5-2)12-9-6-3;1-3-4-2;2*1-2;/h14H,4-12H2,1-3H3;1,3-4H2,2H3;2*2H,1H3;/q;-1;;;. The minimum atomic E-state index is -0.345. The smallest absolute Gasteiger partial charge is 0.0647 e. The molecule has 0 aromatic rings. The second-order valence-corrected chi connectivity index (χ2v) is 5.39. The van der Waals surface area contributed by atoms with Crippen molar-refractivity contribution >= 4 is 0 Å². The summed E-state index contributed by atoms with van der Waals surface area (Å²) < 4.78 is 0. The van der Waals surface area contributed by atoms with E-state index >= 15 is 0 Å². The SMILES string of the molecule is CCCCC(O)(CCCC)CCCC.CO.CO.[CH2-]CCC.[Zr]. The topological polar surface area (TPSA) is 60.7 Å². The third kappa shape index (κ3) is 34.9. The maximum Gasteiger partial charge on any atom is 0.0647 e. The van der Waals surface area contributed by atoms with Crippen molar-refractivity contribution in [3.8, 4) is 0 Å². The van der Waals surface area contributed by atoms with Crippen LogP contribution in [0.4, 0.5) is 0 Å². The van der Waals surface area contributed by atoms with Crippen LogP contribution in [-0.4, -0.2) is 35.1 Å². The molecule has 0 rings (SSSR count). The molecule has 0 bridgehead atoms. The van der Waals surface area contributed by atoms with Gasteiger partial charge in [0.2, 0.25) is 0 Å². The zero-order valence-corrected chi connectivity index (χ0v) is 19.3. The van der Waals surface area contributed by atoms with Crippen LogP contribution >= 0.6 is 0 Å². The minimum absolute atomic E-state index is 0. The number of aliphatic hydroxyl groups excluding tert-OH is 2. The Labute approximate surface area is 166 Å². The summed E-state index contributed by atoms with van der Waals surface area (Å²) in [5.74, 6) is 0. The number of aliphatic hydroxyl groups is 3. The Morgan fingerprint density at radius 1 is 0.652 bits per heavy atom. The minimum Gasteiger partial charge on any atom is -0.400 e. The molecule has 0 saturated heterocycles. The molecule has 0 spiro atoms. The molecule has 3 nitrogen and oxygen atoms in total. The van der Waals surface area contributed by atoms with Gasteiger partial charge >= 0.3 is 0 Å². The van der Waals surface area contributed by atoms with Crippen LogP contribution in [0, 0.1) is 6.92 Å². The number of unbranched alkanes of at least 4 members (excludes halogenated alkanes) is 4. The largest absolute Gasteiger partial charge is 0.400 e. The van der Waals surface area contributed by atoms with Crippen molar-refractivity contribution in [2.24, 2.45) is 0 Å². The molecule has 144 valence electrons. The Balaban J connectivity index is -0.000000102. The van der Waals surface area contributed by atoms with Crippen LogP contribution in [0.2, 0.25) is 0 Å². The summed E-state index contributed by atoms with van der Waals surface area (Å²) in [5, 5.41) is 24.4. The summed E-state index contributed by atoms with van der Waals surface area (Å²) in [6.07, 6.45) is 12.4. The molecule has 0 heterocycles. The molecule has 0 unspecified atom stereocenters. The normalized spacial score (nSPS) is 9.13. The second kappa shape index (κ2) is 34.2. The molecule has 0 aromatic heterocycles. The quantitative estimate of drug-likeness (QED) is 0.436. The Bertz CT molecular complexity index is 132. The van der Waals surface area contributed by atoms with E-state index in [4.69, 9.17) is 10.2 Å². The third-order valence-electron chi connectivity index (χ3n) is 3.34. The molecule has 4 heteroatoms. The molecule has 0 fully saturated rings. The van der Waals surface area contributed by atoms with Gasteiger partial charge in [-0.2, -0.15) is 6.42 Å². The van der Waals surface area contributed by atoms with Gasteiger partial charge in [0.05, 0.1) is 5.60 Å². The van der Waals surface area contributed by atoms with Gasteiger partial charge in [0.15, 0.2) is 0 Å². The van der Waals surface area contributed by atoms with E-state index in [1.165, 1.54) is 44.9 Å². The van der Waals surface area contributed by atoms with Gasteiger partial charge in [0.1, 0.15) is 0 Å². The molecule has 23 heavy (non-hydrogen) atoms. The first-order valence-corrected chi connectivity index (χ1v) is 9.01. The van der Waals surface area contributed by atoms with E-state index in [1.54, 1.807) is 0 Å². The average Bonchev–Trinajstić information content (AvgIpc) is 2.60. The van der Waals surface area contributed by atoms with Crippen molar-refractivity contribution in [3.63, 3.8) is 0 Å². The van der Waals surface area contributed by atoms with E-state index in [2.05, 4.69) is 34.6 Å². The van der Waals surface area contributed by atoms with Crippen LogP contribution < -0.4 is 0 Å². The average molecular weight is 413 g/mol. The van der Waals surface area contributed by atoms with E-state index in [0.717, 1.165) is 39.9 Å². The summed E-state index contributed by atoms with van der Waals surface area (Å²) in [6.45, 7) is 12.3. The van der Waals surface area contributed by atoms with Crippen LogP contribution in [-0.2, 0) is 26.2 Å². The van der Waals surface area contributed by atoms with Gasteiger partial charge in [-0.05, 0) is 19.3 Å². The summed E-state index contributed by atoms with van der Waals surface area (Å²) in [5.41, 5.74) is -0.345. The zero-order valence-electron chi connectivity index (χ0n) is 16.8. The fourth-order valence-electron chi connectivity index (χ4n) is 1.89. The van der Waals surface area contributed by atoms with Gasteiger partial charge in [-0.15, -0.1) is 0 Å². The van der Waals surface area contributed by atoms with Crippen molar-refractivity contribution in [1.29, 1.82) is 0 Å². The Hall–Kier alpha value is 0.763. The van der Waals surface area contributed by atoms with Crippen molar-refractivity contribution in [1.82, 2.24) is 0 Å². The van der Waals surface area contributed by atoms with Crippen LogP contribution in [0.1, 0.15) is 98.3 Å². The predicted octanol–water partition coefficient (Wildman–Crippen LogP) is 5.12. The zero-order chi connectivity index (χ0) is 18.3. The van der Waals surface area contributed by atoms with Gasteiger partial charge in [-0.1, -0.05) is 72.6 Å². The van der Waals surface area contributed by atoms with Gasteiger partial charge in [-0.3, -0.25) is 0 Å². The van der Waals surface area contributed by atoms with Crippen LogP contribution in [0.5, 0.6) is 0 Å².